The minimum absolute atomic E-state index is 0.891. The molecule has 0 aromatic rings. The maximum Gasteiger partial charge on any atom is 0.327 e. The summed E-state index contributed by atoms with van der Waals surface area (Å²) in [5, 5.41) is 7.83. The number of carboxylic acid groups (broad SMARTS) is 1. The molecule has 3 heteroatoms. The van der Waals surface area contributed by atoms with Gasteiger partial charge < -0.3 is 5.11 Å². The molecule has 0 aromatic carbocycles. The highest BCUT2D eigenvalue weighted by atomic mass is 16.4. The minimum atomic E-state index is -0.891. The standard InChI is InChI=1S/C3H5BO2/c4-2-1-3(5)6/h1-2H,4H2,(H,5,6)/b2-1-. The Labute approximate surface area is 36.9 Å². The average molecular weight is 83.9 g/mol. The fraction of sp³-hybridized carbons (Fsp3) is 0. The molecule has 0 saturated carbocycles. The number of carbonyl (C=O) groups is 1. The van der Waals surface area contributed by atoms with Crippen LogP contribution in [0.4, 0.5) is 0 Å². The van der Waals surface area contributed by atoms with Crippen molar-refractivity contribution in [3.8, 4) is 0 Å². The highest BCUT2D eigenvalue weighted by Gasteiger charge is 1.76. The Balaban J connectivity index is 3.30. The van der Waals surface area contributed by atoms with Gasteiger partial charge in [-0.15, -0.1) is 5.98 Å². The van der Waals surface area contributed by atoms with Gasteiger partial charge in [0.15, 0.2) is 0 Å². The first-order chi connectivity index (χ1) is 2.77. The maximum absolute atomic E-state index is 9.51. The van der Waals surface area contributed by atoms with Gasteiger partial charge in [-0.2, -0.15) is 0 Å². The van der Waals surface area contributed by atoms with E-state index >= 15 is 0 Å². The molecule has 2 nitrogen and oxygen atoms in total. The van der Waals surface area contributed by atoms with Gasteiger partial charge in [0.1, 0.15) is 7.85 Å². The molecule has 0 amide bonds. The third-order valence-corrected chi connectivity index (χ3v) is 0.309. The van der Waals surface area contributed by atoms with Gasteiger partial charge >= 0.3 is 5.97 Å². The summed E-state index contributed by atoms with van der Waals surface area (Å²) in [5.41, 5.74) is 0. The van der Waals surface area contributed by atoms with Crippen LogP contribution >= 0.6 is 0 Å². The predicted molar refractivity (Wildman–Crippen MR) is 25.3 cm³/mol. The molecule has 0 radical (unpaired) electrons. The third kappa shape index (κ3) is 3.27. The van der Waals surface area contributed by atoms with Gasteiger partial charge in [-0.05, 0) is 0 Å². The summed E-state index contributed by atoms with van der Waals surface area (Å²) in [6.45, 7) is 0. The maximum atomic E-state index is 9.51. The molecule has 6 heavy (non-hydrogen) atoms. The lowest BCUT2D eigenvalue weighted by Gasteiger charge is -1.68. The van der Waals surface area contributed by atoms with Crippen molar-refractivity contribution in [2.24, 2.45) is 0 Å². The van der Waals surface area contributed by atoms with Crippen LogP contribution in [-0.2, 0) is 4.79 Å². The number of hydrogen-bond donors (Lipinski definition) is 1. The van der Waals surface area contributed by atoms with Gasteiger partial charge in [-0.3, -0.25) is 0 Å². The van der Waals surface area contributed by atoms with Crippen LogP contribution in [-0.4, -0.2) is 18.9 Å². The lowest BCUT2D eigenvalue weighted by Crippen LogP contribution is -1.84. The van der Waals surface area contributed by atoms with Gasteiger partial charge in [-0.25, -0.2) is 4.79 Å². The van der Waals surface area contributed by atoms with E-state index in [0.717, 1.165) is 6.08 Å². The second-order valence-corrected chi connectivity index (χ2v) is 0.838. The molecule has 0 aliphatic carbocycles. The summed E-state index contributed by atoms with van der Waals surface area (Å²) < 4.78 is 0. The minimum Gasteiger partial charge on any atom is -0.478 e. The monoisotopic (exact) mass is 84.0 g/mol. The lowest BCUT2D eigenvalue weighted by atomic mass is 10.1. The summed E-state index contributed by atoms with van der Waals surface area (Å²) in [6.07, 6.45) is 1.08. The van der Waals surface area contributed by atoms with Crippen LogP contribution in [0.3, 0.4) is 0 Å². The van der Waals surface area contributed by atoms with Gasteiger partial charge in [0.05, 0.1) is 0 Å². The van der Waals surface area contributed by atoms with Gasteiger partial charge in [0.25, 0.3) is 0 Å². The van der Waals surface area contributed by atoms with Crippen LogP contribution in [0.2, 0.25) is 0 Å². The second kappa shape index (κ2) is 2.51. The van der Waals surface area contributed by atoms with Crippen LogP contribution in [0.1, 0.15) is 0 Å². The van der Waals surface area contributed by atoms with E-state index < -0.39 is 5.97 Å². The van der Waals surface area contributed by atoms with Crippen molar-refractivity contribution in [2.45, 2.75) is 0 Å². The van der Waals surface area contributed by atoms with Gasteiger partial charge in [0, 0.05) is 6.08 Å². The third-order valence-electron chi connectivity index (χ3n) is 0.309. The predicted octanol–water partition coefficient (Wildman–Crippen LogP) is -0.782. The normalized spacial score (nSPS) is 9.33. The molecule has 1 N–H and O–H groups in total. The Morgan fingerprint density at radius 3 is 2.33 bits per heavy atom. The molecule has 0 unspecified atom stereocenters. The van der Waals surface area contributed by atoms with Crippen molar-refractivity contribution in [1.29, 1.82) is 0 Å². The number of carboxylic acids is 1. The molecule has 0 spiro atoms. The fourth-order valence-electron chi connectivity index (χ4n) is 0.143. The molecule has 0 heterocycles. The summed E-state index contributed by atoms with van der Waals surface area (Å²) in [5.74, 6) is 0.583. The van der Waals surface area contributed by atoms with Crippen LogP contribution in [0.5, 0.6) is 0 Å². The van der Waals surface area contributed by atoms with E-state index in [-0.39, 0.29) is 0 Å². The smallest absolute Gasteiger partial charge is 0.327 e. The zero-order valence-corrected chi connectivity index (χ0v) is 3.51. The van der Waals surface area contributed by atoms with E-state index in [1.54, 1.807) is 7.85 Å². The Bertz CT molecular complexity index is 76.9. The second-order valence-electron chi connectivity index (χ2n) is 0.838. The molecule has 0 fully saturated rings. The largest absolute Gasteiger partial charge is 0.478 e. The molecule has 32 valence electrons. The molecule has 0 aliphatic rings. The van der Waals surface area contributed by atoms with E-state index in [1.807, 2.05) is 0 Å². The Kier molecular flexibility index (Phi) is 2.21. The van der Waals surface area contributed by atoms with Gasteiger partial charge in [0.2, 0.25) is 0 Å². The zero-order valence-electron chi connectivity index (χ0n) is 3.51. The highest BCUT2D eigenvalue weighted by molar-refractivity contribution is 6.18. The summed E-state index contributed by atoms with van der Waals surface area (Å²) in [6, 6.07) is 0. The average Bonchev–Trinajstić information content (AvgIpc) is 1.35. The molecule has 0 saturated heterocycles. The summed E-state index contributed by atoms with van der Waals surface area (Å²) >= 11 is 0. The van der Waals surface area contributed by atoms with Crippen molar-refractivity contribution >= 4 is 13.8 Å². The summed E-state index contributed by atoms with van der Waals surface area (Å²) in [4.78, 5) is 9.51. The van der Waals surface area contributed by atoms with Gasteiger partial charge in [-0.1, -0.05) is 0 Å². The first-order valence-electron chi connectivity index (χ1n) is 1.63. The molecule has 0 aromatic heterocycles. The number of aliphatic carboxylic acids is 1. The molecule has 0 atom stereocenters. The van der Waals surface area contributed by atoms with Crippen molar-refractivity contribution in [1.82, 2.24) is 0 Å². The van der Waals surface area contributed by atoms with E-state index in [0.29, 0.717) is 0 Å². The van der Waals surface area contributed by atoms with E-state index in [9.17, 15) is 4.79 Å². The zero-order chi connectivity index (χ0) is 4.99. The highest BCUT2D eigenvalue weighted by Crippen LogP contribution is 1.61. The molecule has 0 rings (SSSR count). The van der Waals surface area contributed by atoms with Crippen LogP contribution < -0.4 is 0 Å². The van der Waals surface area contributed by atoms with E-state index in [1.165, 1.54) is 5.98 Å². The molecular formula is C3H5BO2. The summed E-state index contributed by atoms with van der Waals surface area (Å²) in [7, 11) is 1.66. The van der Waals surface area contributed by atoms with Crippen molar-refractivity contribution in [3.05, 3.63) is 12.1 Å². The Morgan fingerprint density at radius 2 is 2.33 bits per heavy atom. The number of hydrogen-bond acceptors (Lipinski definition) is 1. The topological polar surface area (TPSA) is 37.3 Å². The Hall–Kier alpha value is -0.725. The molecular weight excluding hydrogens is 78.8 g/mol. The Morgan fingerprint density at radius 1 is 1.83 bits per heavy atom. The van der Waals surface area contributed by atoms with Crippen LogP contribution in [0.25, 0.3) is 0 Å². The quantitative estimate of drug-likeness (QED) is 0.334. The first kappa shape index (κ1) is 5.27. The molecule has 0 aliphatic heterocycles. The van der Waals surface area contributed by atoms with E-state index in [4.69, 9.17) is 5.11 Å². The van der Waals surface area contributed by atoms with Crippen molar-refractivity contribution in [2.75, 3.05) is 0 Å². The lowest BCUT2D eigenvalue weighted by molar-refractivity contribution is -0.131. The van der Waals surface area contributed by atoms with Crippen LogP contribution in [0.15, 0.2) is 12.1 Å². The number of rotatable bonds is 1. The fourth-order valence-corrected chi connectivity index (χ4v) is 0.143. The van der Waals surface area contributed by atoms with Crippen molar-refractivity contribution in [3.63, 3.8) is 0 Å². The molecule has 0 bridgehead atoms. The first-order valence-corrected chi connectivity index (χ1v) is 1.63. The SMILES string of the molecule is B/C=C\C(=O)O. The van der Waals surface area contributed by atoms with Crippen LogP contribution in [0, 0.1) is 0 Å². The van der Waals surface area contributed by atoms with E-state index in [2.05, 4.69) is 0 Å². The van der Waals surface area contributed by atoms with Crippen molar-refractivity contribution < 1.29 is 9.90 Å².